The van der Waals surface area contributed by atoms with Crippen LogP contribution in [0.5, 0.6) is 0 Å². The molecule has 180 valence electrons. The summed E-state index contributed by atoms with van der Waals surface area (Å²) in [7, 11) is 0. The zero-order chi connectivity index (χ0) is 24.0. The van der Waals surface area contributed by atoms with Crippen LogP contribution < -0.4 is 16.6 Å². The maximum absolute atomic E-state index is 13.3. The molecule has 0 saturated carbocycles. The lowest BCUT2D eigenvalue weighted by atomic mass is 9.92. The van der Waals surface area contributed by atoms with Crippen molar-refractivity contribution in [3.8, 4) is 0 Å². The number of unbranched alkanes of at least 4 members (excludes halogenated alkanes) is 1. The van der Waals surface area contributed by atoms with Crippen LogP contribution in [0.1, 0.15) is 52.9 Å². The van der Waals surface area contributed by atoms with Crippen LogP contribution in [0.15, 0.2) is 33.9 Å². The van der Waals surface area contributed by atoms with Crippen LogP contribution in [0.4, 0.5) is 0 Å². The topological polar surface area (TPSA) is 93.4 Å². The molecule has 3 rings (SSSR count). The molecular weight excluding hydrogens is 420 g/mol. The van der Waals surface area contributed by atoms with Crippen molar-refractivity contribution in [1.82, 2.24) is 19.4 Å². The molecule has 0 bridgehead atoms. The smallest absolute Gasteiger partial charge is 0.331 e. The largest absolute Gasteiger partial charge is 0.356 e. The molecule has 1 aliphatic rings. The van der Waals surface area contributed by atoms with Gasteiger partial charge in [-0.1, -0.05) is 39.3 Å². The van der Waals surface area contributed by atoms with Crippen molar-refractivity contribution in [2.24, 2.45) is 11.8 Å². The Labute approximate surface area is 194 Å². The van der Waals surface area contributed by atoms with Crippen LogP contribution in [-0.2, 0) is 22.7 Å². The molecule has 0 aliphatic carbocycles. The van der Waals surface area contributed by atoms with E-state index in [0.717, 1.165) is 23.8 Å². The Hall–Kier alpha value is -2.90. The van der Waals surface area contributed by atoms with Crippen LogP contribution in [-0.4, -0.2) is 45.5 Å². The number of nitrogens with zero attached hydrogens (tertiary/aromatic N) is 3. The summed E-state index contributed by atoms with van der Waals surface area (Å²) in [5, 5.41) is 3.25. The fourth-order valence-corrected chi connectivity index (χ4v) is 4.71. The van der Waals surface area contributed by atoms with Gasteiger partial charge in [0.25, 0.3) is 5.56 Å². The van der Waals surface area contributed by atoms with E-state index in [2.05, 4.69) is 26.1 Å². The highest BCUT2D eigenvalue weighted by molar-refractivity contribution is 5.81. The van der Waals surface area contributed by atoms with Crippen molar-refractivity contribution in [3.63, 3.8) is 0 Å². The molecule has 1 aromatic carbocycles. The van der Waals surface area contributed by atoms with Gasteiger partial charge in [0.15, 0.2) is 0 Å². The van der Waals surface area contributed by atoms with Gasteiger partial charge in [-0.05, 0) is 43.2 Å². The molecule has 1 N–H and O–H groups in total. The number of piperidine rings is 1. The van der Waals surface area contributed by atoms with E-state index in [9.17, 15) is 19.2 Å². The standard InChI is InChI=1S/C25H36N4O4/c1-4-5-12-26-22(30)11-8-13-28-24(32)20-9-6-7-10-21(20)29(25(28)33)17-23(31)27-15-18(2)14-19(3)16-27/h6-7,9-10,18-19H,4-5,8,11-17H2,1-3H3,(H,26,30)/t18-,19-/m1/s1. The Morgan fingerprint density at radius 2 is 1.73 bits per heavy atom. The van der Waals surface area contributed by atoms with Crippen molar-refractivity contribution in [3.05, 3.63) is 45.1 Å². The van der Waals surface area contributed by atoms with Gasteiger partial charge in [0, 0.05) is 32.6 Å². The van der Waals surface area contributed by atoms with Crippen LogP contribution in [0.2, 0.25) is 0 Å². The second-order valence-electron chi connectivity index (χ2n) is 9.39. The lowest BCUT2D eigenvalue weighted by Crippen LogP contribution is -2.47. The van der Waals surface area contributed by atoms with Gasteiger partial charge in [0.1, 0.15) is 6.54 Å². The van der Waals surface area contributed by atoms with E-state index in [0.29, 0.717) is 48.8 Å². The summed E-state index contributed by atoms with van der Waals surface area (Å²) in [5.74, 6) is 0.648. The molecule has 1 aromatic heterocycles. The SMILES string of the molecule is CCCCNC(=O)CCCn1c(=O)c2ccccc2n(CC(=O)N2C[C@H](C)C[C@@H](C)C2)c1=O. The van der Waals surface area contributed by atoms with Gasteiger partial charge in [-0.3, -0.25) is 23.5 Å². The van der Waals surface area contributed by atoms with Gasteiger partial charge in [-0.2, -0.15) is 0 Å². The summed E-state index contributed by atoms with van der Waals surface area (Å²) in [5.41, 5.74) is -0.421. The summed E-state index contributed by atoms with van der Waals surface area (Å²) in [6, 6.07) is 6.90. The highest BCUT2D eigenvalue weighted by Gasteiger charge is 2.26. The van der Waals surface area contributed by atoms with Gasteiger partial charge in [-0.25, -0.2) is 4.79 Å². The number of para-hydroxylation sites is 1. The number of amides is 2. The number of hydrogen-bond donors (Lipinski definition) is 1. The highest BCUT2D eigenvalue weighted by atomic mass is 16.2. The number of aromatic nitrogens is 2. The molecule has 8 nitrogen and oxygen atoms in total. The minimum Gasteiger partial charge on any atom is -0.356 e. The first-order chi connectivity index (χ1) is 15.8. The predicted molar refractivity (Wildman–Crippen MR) is 129 cm³/mol. The zero-order valence-electron chi connectivity index (χ0n) is 20.0. The molecule has 8 heteroatoms. The normalized spacial score (nSPS) is 18.5. The Morgan fingerprint density at radius 1 is 1.03 bits per heavy atom. The third-order valence-electron chi connectivity index (χ3n) is 6.29. The molecule has 2 amide bonds. The lowest BCUT2D eigenvalue weighted by Gasteiger charge is -2.35. The van der Waals surface area contributed by atoms with E-state index >= 15 is 0 Å². The average molecular weight is 457 g/mol. The van der Waals surface area contributed by atoms with Gasteiger partial charge >= 0.3 is 5.69 Å². The van der Waals surface area contributed by atoms with E-state index in [1.165, 1.54) is 4.57 Å². The Bertz CT molecular complexity index is 1090. The lowest BCUT2D eigenvalue weighted by molar-refractivity contribution is -0.134. The fraction of sp³-hybridized carbons (Fsp3) is 0.600. The van der Waals surface area contributed by atoms with E-state index in [-0.39, 0.29) is 36.9 Å². The van der Waals surface area contributed by atoms with Crippen LogP contribution in [0.25, 0.3) is 10.9 Å². The van der Waals surface area contributed by atoms with Crippen molar-refractivity contribution in [2.45, 2.75) is 66.0 Å². The van der Waals surface area contributed by atoms with Gasteiger partial charge in [-0.15, -0.1) is 0 Å². The number of fused-ring (bicyclic) bond motifs is 1. The molecule has 1 fully saturated rings. The second-order valence-corrected chi connectivity index (χ2v) is 9.39. The van der Waals surface area contributed by atoms with Crippen LogP contribution in [0.3, 0.4) is 0 Å². The first-order valence-electron chi connectivity index (χ1n) is 12.1. The number of benzene rings is 1. The van der Waals surface area contributed by atoms with Crippen molar-refractivity contribution >= 4 is 22.7 Å². The molecular formula is C25H36N4O4. The number of carbonyl (C=O) groups is 2. The number of likely N-dealkylation sites (tertiary alicyclic amines) is 1. The van der Waals surface area contributed by atoms with E-state index in [1.807, 2.05) is 4.90 Å². The summed E-state index contributed by atoms with van der Waals surface area (Å²) < 4.78 is 2.57. The van der Waals surface area contributed by atoms with Gasteiger partial charge in [0.2, 0.25) is 11.8 Å². The summed E-state index contributed by atoms with van der Waals surface area (Å²) in [6.45, 7) is 8.36. The molecule has 0 spiro atoms. The Morgan fingerprint density at radius 3 is 2.42 bits per heavy atom. The Balaban J connectivity index is 1.83. The van der Waals surface area contributed by atoms with Crippen LogP contribution in [0, 0.1) is 11.8 Å². The number of nitrogens with one attached hydrogen (secondary N) is 1. The molecule has 2 aromatic rings. The maximum Gasteiger partial charge on any atom is 0.331 e. The van der Waals surface area contributed by atoms with Gasteiger partial charge < -0.3 is 10.2 Å². The van der Waals surface area contributed by atoms with Gasteiger partial charge in [0.05, 0.1) is 10.9 Å². The fourth-order valence-electron chi connectivity index (χ4n) is 4.71. The first kappa shape index (κ1) is 24.7. The van der Waals surface area contributed by atoms with Crippen molar-refractivity contribution in [1.29, 1.82) is 0 Å². The molecule has 0 unspecified atom stereocenters. The van der Waals surface area contributed by atoms with Crippen LogP contribution >= 0.6 is 0 Å². The molecule has 33 heavy (non-hydrogen) atoms. The minimum absolute atomic E-state index is 0.0823. The predicted octanol–water partition coefficient (Wildman–Crippen LogP) is 2.36. The summed E-state index contributed by atoms with van der Waals surface area (Å²) in [6.07, 6.45) is 3.62. The minimum atomic E-state index is -0.503. The molecule has 2 heterocycles. The number of rotatable bonds is 9. The summed E-state index contributed by atoms with van der Waals surface area (Å²) >= 11 is 0. The third kappa shape index (κ3) is 6.12. The molecule has 0 radical (unpaired) electrons. The van der Waals surface area contributed by atoms with Crippen molar-refractivity contribution < 1.29 is 9.59 Å². The number of hydrogen-bond acceptors (Lipinski definition) is 4. The molecule has 2 atom stereocenters. The molecule has 1 saturated heterocycles. The second kappa shape index (κ2) is 11.3. The zero-order valence-corrected chi connectivity index (χ0v) is 20.0. The average Bonchev–Trinajstić information content (AvgIpc) is 2.78. The first-order valence-corrected chi connectivity index (χ1v) is 12.1. The number of carbonyl (C=O) groups excluding carboxylic acids is 2. The quantitative estimate of drug-likeness (QED) is 0.586. The van der Waals surface area contributed by atoms with Crippen molar-refractivity contribution in [2.75, 3.05) is 19.6 Å². The van der Waals surface area contributed by atoms with E-state index in [4.69, 9.17) is 0 Å². The molecule has 1 aliphatic heterocycles. The Kier molecular flexibility index (Phi) is 8.47. The maximum atomic E-state index is 13.3. The highest BCUT2D eigenvalue weighted by Crippen LogP contribution is 2.21. The summed E-state index contributed by atoms with van der Waals surface area (Å²) in [4.78, 5) is 53.2. The monoisotopic (exact) mass is 456 g/mol. The van der Waals surface area contributed by atoms with E-state index in [1.54, 1.807) is 24.3 Å². The third-order valence-corrected chi connectivity index (χ3v) is 6.29. The van der Waals surface area contributed by atoms with E-state index < -0.39 is 5.69 Å².